The summed E-state index contributed by atoms with van der Waals surface area (Å²) in [5.74, 6) is 0.657. The zero-order valence-corrected chi connectivity index (χ0v) is 8.97. The molecule has 1 radical (unpaired) electrons. The normalized spacial score (nSPS) is 42.3. The van der Waals surface area contributed by atoms with Gasteiger partial charge in [0.2, 0.25) is 0 Å². The van der Waals surface area contributed by atoms with Crippen molar-refractivity contribution in [2.75, 3.05) is 0 Å². The first-order valence-electron chi connectivity index (χ1n) is 3.18. The van der Waals surface area contributed by atoms with Crippen molar-refractivity contribution in [2.24, 2.45) is 5.92 Å². The SMILES string of the molecule is [CH2-][C@H]1O[C@@H](C)CC1C.[Y]. The van der Waals surface area contributed by atoms with Crippen molar-refractivity contribution >= 4 is 0 Å². The van der Waals surface area contributed by atoms with Crippen LogP contribution in [-0.4, -0.2) is 12.2 Å². The van der Waals surface area contributed by atoms with Crippen molar-refractivity contribution in [2.45, 2.75) is 32.5 Å². The van der Waals surface area contributed by atoms with E-state index in [1.165, 1.54) is 6.42 Å². The molecule has 1 fully saturated rings. The molecule has 1 heterocycles. The maximum absolute atomic E-state index is 5.36. The van der Waals surface area contributed by atoms with Gasteiger partial charge in [0, 0.05) is 32.7 Å². The Hall–Kier alpha value is 1.06. The van der Waals surface area contributed by atoms with Gasteiger partial charge in [-0.25, -0.2) is 0 Å². The zero-order valence-electron chi connectivity index (χ0n) is 6.13. The number of ether oxygens (including phenoxy) is 1. The van der Waals surface area contributed by atoms with Gasteiger partial charge in [-0.1, -0.05) is 13.0 Å². The zero-order chi connectivity index (χ0) is 6.15. The van der Waals surface area contributed by atoms with E-state index in [4.69, 9.17) is 4.74 Å². The van der Waals surface area contributed by atoms with E-state index in [-0.39, 0.29) is 38.8 Å². The van der Waals surface area contributed by atoms with Crippen LogP contribution >= 0.6 is 0 Å². The number of hydrogen-bond acceptors (Lipinski definition) is 1. The molecule has 0 aliphatic carbocycles. The van der Waals surface area contributed by atoms with Gasteiger partial charge in [0.15, 0.2) is 0 Å². The molecule has 1 saturated heterocycles. The quantitative estimate of drug-likeness (QED) is 0.542. The van der Waals surface area contributed by atoms with Crippen LogP contribution in [0.2, 0.25) is 0 Å². The van der Waals surface area contributed by atoms with Crippen molar-refractivity contribution in [3.8, 4) is 0 Å². The number of hydrogen-bond donors (Lipinski definition) is 0. The molecular formula is C7H13OY-. The van der Waals surface area contributed by atoms with Crippen molar-refractivity contribution in [3.63, 3.8) is 0 Å². The Labute approximate surface area is 82.4 Å². The predicted octanol–water partition coefficient (Wildman–Crippen LogP) is 1.63. The smallest absolute Gasteiger partial charge is 0.0517 e. The Morgan fingerprint density at radius 1 is 1.44 bits per heavy atom. The molecule has 0 amide bonds. The minimum Gasteiger partial charge on any atom is -0.407 e. The van der Waals surface area contributed by atoms with Crippen molar-refractivity contribution in [3.05, 3.63) is 6.92 Å². The molecule has 2 heteroatoms. The summed E-state index contributed by atoms with van der Waals surface area (Å²) in [6.07, 6.45) is 1.85. The van der Waals surface area contributed by atoms with Crippen LogP contribution in [0, 0.1) is 12.8 Å². The first kappa shape index (κ1) is 10.1. The molecular weight excluding hydrogens is 189 g/mol. The predicted molar refractivity (Wildman–Crippen MR) is 33.5 cm³/mol. The third kappa shape index (κ3) is 2.65. The third-order valence-corrected chi connectivity index (χ3v) is 1.75. The van der Waals surface area contributed by atoms with Crippen LogP contribution in [0.25, 0.3) is 0 Å². The maximum Gasteiger partial charge on any atom is 0.0517 e. The summed E-state index contributed by atoms with van der Waals surface area (Å²) < 4.78 is 5.36. The van der Waals surface area contributed by atoms with Crippen LogP contribution in [0.3, 0.4) is 0 Å². The summed E-state index contributed by atoms with van der Waals surface area (Å²) in [6, 6.07) is 0. The van der Waals surface area contributed by atoms with E-state index in [1.54, 1.807) is 0 Å². The molecule has 1 nitrogen and oxygen atoms in total. The van der Waals surface area contributed by atoms with Crippen molar-refractivity contribution < 1.29 is 37.4 Å². The van der Waals surface area contributed by atoms with E-state index in [1.807, 2.05) is 0 Å². The molecule has 1 aliphatic heterocycles. The molecule has 0 spiro atoms. The molecule has 51 valence electrons. The fourth-order valence-corrected chi connectivity index (χ4v) is 1.16. The van der Waals surface area contributed by atoms with Gasteiger partial charge in [-0.15, -0.1) is 0 Å². The second kappa shape index (κ2) is 4.05. The topological polar surface area (TPSA) is 9.23 Å². The second-order valence-electron chi connectivity index (χ2n) is 2.70. The summed E-state index contributed by atoms with van der Waals surface area (Å²) in [5, 5.41) is 0. The van der Waals surface area contributed by atoms with Crippen LogP contribution in [-0.2, 0) is 37.4 Å². The largest absolute Gasteiger partial charge is 0.407 e. The first-order valence-corrected chi connectivity index (χ1v) is 3.18. The van der Waals surface area contributed by atoms with E-state index in [0.29, 0.717) is 12.0 Å². The molecule has 1 aliphatic rings. The van der Waals surface area contributed by atoms with Gasteiger partial charge in [-0.2, -0.15) is 0 Å². The van der Waals surface area contributed by atoms with Gasteiger partial charge < -0.3 is 11.7 Å². The van der Waals surface area contributed by atoms with Crippen molar-refractivity contribution in [1.29, 1.82) is 0 Å². The molecule has 0 aromatic carbocycles. The summed E-state index contributed by atoms with van der Waals surface area (Å²) in [4.78, 5) is 0. The minimum atomic E-state index is 0. The Bertz CT molecular complexity index is 75.0. The molecule has 0 N–H and O–H groups in total. The third-order valence-electron chi connectivity index (χ3n) is 1.75. The average Bonchev–Trinajstić information content (AvgIpc) is 1.85. The number of rotatable bonds is 0. The average molecular weight is 202 g/mol. The molecule has 9 heavy (non-hydrogen) atoms. The molecule has 3 atom stereocenters. The van der Waals surface area contributed by atoms with Gasteiger partial charge >= 0.3 is 0 Å². The summed E-state index contributed by atoms with van der Waals surface area (Å²) in [5.41, 5.74) is 0. The Kier molecular flexibility index (Phi) is 4.53. The molecule has 0 bridgehead atoms. The molecule has 0 saturated carbocycles. The second-order valence-corrected chi connectivity index (χ2v) is 2.70. The summed E-state index contributed by atoms with van der Waals surface area (Å²) in [6.45, 7) is 8.13. The van der Waals surface area contributed by atoms with E-state index < -0.39 is 0 Å². The van der Waals surface area contributed by atoms with Crippen molar-refractivity contribution in [1.82, 2.24) is 0 Å². The van der Waals surface area contributed by atoms with E-state index in [9.17, 15) is 0 Å². The molecule has 0 aromatic rings. The Morgan fingerprint density at radius 3 is 2.11 bits per heavy atom. The fourth-order valence-electron chi connectivity index (χ4n) is 1.16. The van der Waals surface area contributed by atoms with Crippen LogP contribution in [0.5, 0.6) is 0 Å². The van der Waals surface area contributed by atoms with Crippen LogP contribution in [0.15, 0.2) is 0 Å². The Morgan fingerprint density at radius 2 is 2.00 bits per heavy atom. The summed E-state index contributed by atoms with van der Waals surface area (Å²) in [7, 11) is 0. The van der Waals surface area contributed by atoms with Crippen LogP contribution in [0.4, 0.5) is 0 Å². The van der Waals surface area contributed by atoms with Gasteiger partial charge in [0.25, 0.3) is 0 Å². The van der Waals surface area contributed by atoms with Crippen LogP contribution < -0.4 is 0 Å². The van der Waals surface area contributed by atoms with E-state index >= 15 is 0 Å². The molecule has 1 unspecified atom stereocenters. The van der Waals surface area contributed by atoms with Crippen LogP contribution in [0.1, 0.15) is 20.3 Å². The van der Waals surface area contributed by atoms with Gasteiger partial charge in [-0.05, 0) is 19.3 Å². The fraction of sp³-hybridized carbons (Fsp3) is 0.857. The molecule has 0 aromatic heterocycles. The van der Waals surface area contributed by atoms with Gasteiger partial charge in [-0.3, -0.25) is 0 Å². The summed E-state index contributed by atoms with van der Waals surface area (Å²) >= 11 is 0. The van der Waals surface area contributed by atoms with E-state index in [2.05, 4.69) is 20.8 Å². The molecule has 1 rings (SSSR count). The minimum absolute atomic E-state index is 0. The van der Waals surface area contributed by atoms with Gasteiger partial charge in [0.05, 0.1) is 6.10 Å². The maximum atomic E-state index is 5.36. The van der Waals surface area contributed by atoms with E-state index in [0.717, 1.165) is 0 Å². The van der Waals surface area contributed by atoms with Gasteiger partial charge in [0.1, 0.15) is 0 Å². The first-order chi connectivity index (χ1) is 3.70. The standard InChI is InChI=1S/C7H13O.Y/c1-5-4-6(2)8-7(5)3;/h5-7H,3-4H2,1-2H3;/q-1;/t5?,6-,7+;/m0./s1. The monoisotopic (exact) mass is 202 g/mol. The Balaban J connectivity index is 0.000000640.